The van der Waals surface area contributed by atoms with Gasteiger partial charge in [-0.25, -0.2) is 8.42 Å². The van der Waals surface area contributed by atoms with Crippen LogP contribution in [0.3, 0.4) is 0 Å². The SMILES string of the molecule is COc1ccc(S(=O)(=O)N2CCOCC2)cc1CCC(=O)NCCCc1ccc(OC(C)C)cc1. The average molecular weight is 505 g/mol. The molecular formula is C26H36N2O6S. The third-order valence-electron chi connectivity index (χ3n) is 5.74. The molecule has 1 aliphatic heterocycles. The fourth-order valence-electron chi connectivity index (χ4n) is 3.91. The van der Waals surface area contributed by atoms with Crippen molar-refractivity contribution in [2.45, 2.75) is 50.5 Å². The van der Waals surface area contributed by atoms with Crippen LogP contribution in [0.25, 0.3) is 0 Å². The summed E-state index contributed by atoms with van der Waals surface area (Å²) in [5.74, 6) is 1.35. The summed E-state index contributed by atoms with van der Waals surface area (Å²) in [6, 6.07) is 12.8. The first-order valence-electron chi connectivity index (χ1n) is 12.1. The van der Waals surface area contributed by atoms with Gasteiger partial charge in [-0.15, -0.1) is 0 Å². The van der Waals surface area contributed by atoms with E-state index in [9.17, 15) is 13.2 Å². The Morgan fingerprint density at radius 1 is 1.09 bits per heavy atom. The van der Waals surface area contributed by atoms with E-state index >= 15 is 0 Å². The van der Waals surface area contributed by atoms with Crippen LogP contribution in [0, 0.1) is 0 Å². The Kier molecular flexibility index (Phi) is 9.94. The largest absolute Gasteiger partial charge is 0.496 e. The predicted octanol–water partition coefficient (Wildman–Crippen LogP) is 3.18. The standard InChI is InChI=1S/C26H36N2O6S/c1-20(2)34-23-9-6-21(7-10-23)5-4-14-27-26(29)13-8-22-19-24(11-12-25(22)32-3)35(30,31)28-15-17-33-18-16-28/h6-7,9-12,19-20H,4-5,8,13-18H2,1-3H3,(H,27,29). The Balaban J connectivity index is 1.48. The van der Waals surface area contributed by atoms with Gasteiger partial charge in [-0.1, -0.05) is 12.1 Å². The summed E-state index contributed by atoms with van der Waals surface area (Å²) < 4.78 is 43.7. The van der Waals surface area contributed by atoms with Crippen molar-refractivity contribution in [2.24, 2.45) is 0 Å². The zero-order valence-electron chi connectivity index (χ0n) is 20.8. The molecule has 0 atom stereocenters. The second-order valence-corrected chi connectivity index (χ2v) is 10.7. The fourth-order valence-corrected chi connectivity index (χ4v) is 5.37. The van der Waals surface area contributed by atoms with Crippen LogP contribution in [0.1, 0.15) is 37.8 Å². The van der Waals surface area contributed by atoms with Gasteiger partial charge in [-0.3, -0.25) is 4.79 Å². The minimum absolute atomic E-state index is 0.0748. The van der Waals surface area contributed by atoms with Crippen molar-refractivity contribution in [3.8, 4) is 11.5 Å². The molecule has 0 unspecified atom stereocenters. The molecule has 192 valence electrons. The lowest BCUT2D eigenvalue weighted by molar-refractivity contribution is -0.121. The summed E-state index contributed by atoms with van der Waals surface area (Å²) in [4.78, 5) is 12.6. The zero-order valence-corrected chi connectivity index (χ0v) is 21.6. The number of hydrogen-bond acceptors (Lipinski definition) is 6. The monoisotopic (exact) mass is 504 g/mol. The molecule has 9 heteroatoms. The van der Waals surface area contributed by atoms with Crippen molar-refractivity contribution in [2.75, 3.05) is 40.0 Å². The Morgan fingerprint density at radius 2 is 1.80 bits per heavy atom. The first-order chi connectivity index (χ1) is 16.8. The molecule has 1 heterocycles. The normalized spacial score (nSPS) is 14.6. The van der Waals surface area contributed by atoms with Crippen LogP contribution in [-0.4, -0.2) is 64.7 Å². The minimum Gasteiger partial charge on any atom is -0.496 e. The second-order valence-electron chi connectivity index (χ2n) is 8.75. The van der Waals surface area contributed by atoms with Crippen LogP contribution in [0.4, 0.5) is 0 Å². The van der Waals surface area contributed by atoms with Crippen LogP contribution in [0.5, 0.6) is 11.5 Å². The van der Waals surface area contributed by atoms with Crippen molar-refractivity contribution < 1.29 is 27.4 Å². The lowest BCUT2D eigenvalue weighted by Gasteiger charge is -2.26. The van der Waals surface area contributed by atoms with E-state index in [1.165, 1.54) is 17.0 Å². The molecule has 3 rings (SSSR count). The third-order valence-corrected chi connectivity index (χ3v) is 7.64. The average Bonchev–Trinajstić information content (AvgIpc) is 2.86. The van der Waals surface area contributed by atoms with Gasteiger partial charge in [0.05, 0.1) is 31.3 Å². The molecule has 1 amide bonds. The lowest BCUT2D eigenvalue weighted by Crippen LogP contribution is -2.40. The van der Waals surface area contributed by atoms with Gasteiger partial charge in [-0.05, 0) is 74.6 Å². The van der Waals surface area contributed by atoms with Crippen LogP contribution in [0.15, 0.2) is 47.4 Å². The van der Waals surface area contributed by atoms with E-state index in [0.717, 1.165) is 18.6 Å². The molecule has 0 aromatic heterocycles. The first-order valence-corrected chi connectivity index (χ1v) is 13.5. The van der Waals surface area contributed by atoms with E-state index in [1.54, 1.807) is 18.2 Å². The molecule has 8 nitrogen and oxygen atoms in total. The maximum absolute atomic E-state index is 13.0. The number of hydrogen-bond donors (Lipinski definition) is 1. The van der Waals surface area contributed by atoms with E-state index in [4.69, 9.17) is 14.2 Å². The van der Waals surface area contributed by atoms with Gasteiger partial charge in [0.25, 0.3) is 0 Å². The van der Waals surface area contributed by atoms with E-state index in [0.29, 0.717) is 50.6 Å². The van der Waals surface area contributed by atoms with Gasteiger partial charge in [0.15, 0.2) is 0 Å². The second kappa shape index (κ2) is 12.9. The van der Waals surface area contributed by atoms with Gasteiger partial charge < -0.3 is 19.5 Å². The maximum Gasteiger partial charge on any atom is 0.243 e. The van der Waals surface area contributed by atoms with Crippen LogP contribution >= 0.6 is 0 Å². The number of ether oxygens (including phenoxy) is 3. The van der Waals surface area contributed by atoms with Gasteiger partial charge in [-0.2, -0.15) is 4.31 Å². The van der Waals surface area contributed by atoms with Crippen molar-refractivity contribution in [3.63, 3.8) is 0 Å². The van der Waals surface area contributed by atoms with Gasteiger partial charge in [0.1, 0.15) is 11.5 Å². The molecule has 1 saturated heterocycles. The molecular weight excluding hydrogens is 468 g/mol. The predicted molar refractivity (Wildman–Crippen MR) is 134 cm³/mol. The van der Waals surface area contributed by atoms with E-state index in [-0.39, 0.29) is 23.3 Å². The molecule has 1 aliphatic rings. The van der Waals surface area contributed by atoms with Crippen LogP contribution < -0.4 is 14.8 Å². The highest BCUT2D eigenvalue weighted by atomic mass is 32.2. The smallest absolute Gasteiger partial charge is 0.243 e. The number of nitrogens with zero attached hydrogens (tertiary/aromatic N) is 1. The summed E-state index contributed by atoms with van der Waals surface area (Å²) >= 11 is 0. The highest BCUT2D eigenvalue weighted by Crippen LogP contribution is 2.26. The molecule has 0 radical (unpaired) electrons. The molecule has 35 heavy (non-hydrogen) atoms. The third kappa shape index (κ3) is 7.95. The minimum atomic E-state index is -3.61. The maximum atomic E-state index is 13.0. The number of methoxy groups -OCH3 is 1. The summed E-state index contributed by atoms with van der Waals surface area (Å²) in [5.41, 5.74) is 1.89. The Bertz CT molecular complexity index is 1060. The molecule has 0 bridgehead atoms. The summed E-state index contributed by atoms with van der Waals surface area (Å²) in [5, 5.41) is 2.95. The topological polar surface area (TPSA) is 94.2 Å². The summed E-state index contributed by atoms with van der Waals surface area (Å²) in [6.45, 7) is 6.02. The number of rotatable bonds is 12. The highest BCUT2D eigenvalue weighted by Gasteiger charge is 2.27. The number of nitrogens with one attached hydrogen (secondary N) is 1. The number of carbonyl (C=O) groups is 1. The molecule has 1 fully saturated rings. The number of aryl methyl sites for hydroxylation is 2. The van der Waals surface area contributed by atoms with Crippen molar-refractivity contribution in [1.82, 2.24) is 9.62 Å². The number of sulfonamides is 1. The van der Waals surface area contributed by atoms with E-state index in [1.807, 2.05) is 38.1 Å². The number of benzene rings is 2. The molecule has 1 N–H and O–H groups in total. The van der Waals surface area contributed by atoms with E-state index < -0.39 is 10.0 Å². The van der Waals surface area contributed by atoms with E-state index in [2.05, 4.69) is 5.32 Å². The molecule has 2 aromatic carbocycles. The molecule has 0 saturated carbocycles. The Hall–Kier alpha value is -2.62. The van der Waals surface area contributed by atoms with Crippen LogP contribution in [0.2, 0.25) is 0 Å². The van der Waals surface area contributed by atoms with Crippen molar-refractivity contribution in [1.29, 1.82) is 0 Å². The van der Waals surface area contributed by atoms with Crippen LogP contribution in [-0.2, 0) is 32.4 Å². The van der Waals surface area contributed by atoms with Gasteiger partial charge in [0, 0.05) is 26.1 Å². The van der Waals surface area contributed by atoms with Crippen molar-refractivity contribution >= 4 is 15.9 Å². The molecule has 2 aromatic rings. The summed E-state index contributed by atoms with van der Waals surface area (Å²) in [7, 11) is -2.07. The first kappa shape index (κ1) is 27.0. The molecule has 0 spiro atoms. The van der Waals surface area contributed by atoms with Crippen molar-refractivity contribution in [3.05, 3.63) is 53.6 Å². The number of amides is 1. The van der Waals surface area contributed by atoms with Gasteiger partial charge >= 0.3 is 0 Å². The molecule has 0 aliphatic carbocycles. The highest BCUT2D eigenvalue weighted by molar-refractivity contribution is 7.89. The lowest BCUT2D eigenvalue weighted by atomic mass is 10.1. The van der Waals surface area contributed by atoms with Gasteiger partial charge in [0.2, 0.25) is 15.9 Å². The quantitative estimate of drug-likeness (QED) is 0.446. The number of morpholine rings is 1. The summed E-state index contributed by atoms with van der Waals surface area (Å²) in [6.07, 6.45) is 2.47. The Morgan fingerprint density at radius 3 is 2.46 bits per heavy atom. The Labute approximate surface area is 208 Å². The number of carbonyl (C=O) groups excluding carboxylic acids is 1. The fraction of sp³-hybridized carbons (Fsp3) is 0.500. The zero-order chi connectivity index (χ0) is 25.3.